The monoisotopic (exact) mass is 342 g/mol. The van der Waals surface area contributed by atoms with Gasteiger partial charge in [0.15, 0.2) is 0 Å². The van der Waals surface area contributed by atoms with Crippen molar-refractivity contribution in [1.29, 1.82) is 0 Å². The maximum absolute atomic E-state index is 9.94. The molecule has 2 saturated carbocycles. The van der Waals surface area contributed by atoms with Gasteiger partial charge in [-0.25, -0.2) is 0 Å². The molecular formula is C20H38O4. The maximum Gasteiger partial charge on any atom is 0.0652 e. The fraction of sp³-hybridized carbons (Fsp3) is 1.00. The van der Waals surface area contributed by atoms with Crippen LogP contribution in [0.1, 0.15) is 78.1 Å². The van der Waals surface area contributed by atoms with Gasteiger partial charge in [-0.15, -0.1) is 0 Å². The average molecular weight is 343 g/mol. The van der Waals surface area contributed by atoms with Crippen molar-refractivity contribution in [2.24, 2.45) is 11.8 Å². The number of unbranched alkanes of at least 4 members (excludes halogenated alkanes) is 3. The van der Waals surface area contributed by atoms with Gasteiger partial charge in [-0.2, -0.15) is 0 Å². The van der Waals surface area contributed by atoms with Crippen LogP contribution in [0.25, 0.3) is 0 Å². The average Bonchev–Trinajstić information content (AvgIpc) is 2.52. The van der Waals surface area contributed by atoms with Crippen LogP contribution in [0.4, 0.5) is 0 Å². The number of hydrogen-bond acceptors (Lipinski definition) is 4. The third-order valence-corrected chi connectivity index (χ3v) is 6.03. The smallest absolute Gasteiger partial charge is 0.0652 e. The topological polar surface area (TPSA) is 58.9 Å². The Hall–Kier alpha value is -0.160. The lowest BCUT2D eigenvalue weighted by molar-refractivity contribution is -0.0991. The maximum atomic E-state index is 9.94. The summed E-state index contributed by atoms with van der Waals surface area (Å²) in [4.78, 5) is 0. The zero-order valence-corrected chi connectivity index (χ0v) is 15.8. The SMILES string of the molecule is CCC1(O)CC(COCCCCCCOCC2CC(O)(CC)C2)C1. The molecule has 0 bridgehead atoms. The molecule has 0 aliphatic heterocycles. The van der Waals surface area contributed by atoms with E-state index in [-0.39, 0.29) is 11.2 Å². The lowest BCUT2D eigenvalue weighted by Crippen LogP contribution is -2.44. The predicted octanol–water partition coefficient (Wildman–Crippen LogP) is 3.68. The first-order chi connectivity index (χ1) is 11.5. The van der Waals surface area contributed by atoms with Crippen LogP contribution in [0.15, 0.2) is 0 Å². The number of aliphatic hydroxyl groups is 2. The summed E-state index contributed by atoms with van der Waals surface area (Å²) in [5.41, 5.74) is -0.772. The first-order valence-corrected chi connectivity index (χ1v) is 10.1. The highest BCUT2D eigenvalue weighted by Gasteiger charge is 2.41. The van der Waals surface area contributed by atoms with Crippen LogP contribution in [0.3, 0.4) is 0 Å². The van der Waals surface area contributed by atoms with E-state index in [9.17, 15) is 10.2 Å². The molecule has 2 aliphatic rings. The Balaban J connectivity index is 1.29. The Morgan fingerprint density at radius 1 is 0.708 bits per heavy atom. The first-order valence-electron chi connectivity index (χ1n) is 10.1. The molecule has 142 valence electrons. The van der Waals surface area contributed by atoms with Gasteiger partial charge >= 0.3 is 0 Å². The molecule has 24 heavy (non-hydrogen) atoms. The molecule has 4 nitrogen and oxygen atoms in total. The Labute approximate surface area is 147 Å². The van der Waals surface area contributed by atoms with Crippen LogP contribution < -0.4 is 0 Å². The summed E-state index contributed by atoms with van der Waals surface area (Å²) in [6.45, 7) is 7.43. The highest BCUT2D eigenvalue weighted by molar-refractivity contribution is 4.93. The van der Waals surface area contributed by atoms with Gasteiger partial charge in [0.1, 0.15) is 0 Å². The summed E-state index contributed by atoms with van der Waals surface area (Å²) < 4.78 is 11.4. The van der Waals surface area contributed by atoms with Crippen molar-refractivity contribution in [2.75, 3.05) is 26.4 Å². The second-order valence-corrected chi connectivity index (χ2v) is 8.27. The van der Waals surface area contributed by atoms with Gasteiger partial charge in [-0.1, -0.05) is 26.7 Å². The molecule has 0 aromatic rings. The van der Waals surface area contributed by atoms with Gasteiger partial charge in [-0.05, 0) is 63.2 Å². The number of hydrogen-bond donors (Lipinski definition) is 2. The van der Waals surface area contributed by atoms with Gasteiger partial charge in [-0.3, -0.25) is 0 Å². The van der Waals surface area contributed by atoms with Crippen molar-refractivity contribution in [3.05, 3.63) is 0 Å². The van der Waals surface area contributed by atoms with Gasteiger partial charge in [0, 0.05) is 26.4 Å². The summed E-state index contributed by atoms with van der Waals surface area (Å²) in [6.07, 6.45) is 10.0. The van der Waals surface area contributed by atoms with Crippen LogP contribution in [0.2, 0.25) is 0 Å². The molecule has 2 fully saturated rings. The molecule has 2 aliphatic carbocycles. The van der Waals surface area contributed by atoms with Crippen LogP contribution in [-0.2, 0) is 9.47 Å². The minimum absolute atomic E-state index is 0.386. The Kier molecular flexibility index (Phi) is 7.99. The largest absolute Gasteiger partial charge is 0.390 e. The van der Waals surface area contributed by atoms with Crippen molar-refractivity contribution in [2.45, 2.75) is 89.3 Å². The highest BCUT2D eigenvalue weighted by Crippen LogP contribution is 2.40. The molecule has 0 amide bonds. The standard InChI is InChI=1S/C20H38O4/c1-3-19(21)11-17(12-19)15-23-9-7-5-6-8-10-24-16-18-13-20(22,4-2)14-18/h17-18,21-22H,3-16H2,1-2H3. The summed E-state index contributed by atoms with van der Waals surface area (Å²) in [7, 11) is 0. The van der Waals surface area contributed by atoms with E-state index in [1.165, 1.54) is 12.8 Å². The van der Waals surface area contributed by atoms with Gasteiger partial charge < -0.3 is 19.7 Å². The predicted molar refractivity (Wildman–Crippen MR) is 96.0 cm³/mol. The van der Waals surface area contributed by atoms with E-state index in [1.54, 1.807) is 0 Å². The Morgan fingerprint density at radius 3 is 1.42 bits per heavy atom. The lowest BCUT2D eigenvalue weighted by Gasteiger charge is -2.43. The third kappa shape index (κ3) is 6.29. The van der Waals surface area contributed by atoms with E-state index in [1.807, 2.05) is 0 Å². The van der Waals surface area contributed by atoms with Gasteiger partial charge in [0.05, 0.1) is 11.2 Å². The fourth-order valence-electron chi connectivity index (χ4n) is 4.10. The molecule has 0 heterocycles. The first kappa shape index (κ1) is 20.2. The molecule has 0 saturated heterocycles. The zero-order valence-electron chi connectivity index (χ0n) is 15.8. The van der Waals surface area contributed by atoms with Crippen molar-refractivity contribution >= 4 is 0 Å². The van der Waals surface area contributed by atoms with E-state index in [4.69, 9.17) is 9.47 Å². The summed E-state index contributed by atoms with van der Waals surface area (Å²) >= 11 is 0. The van der Waals surface area contributed by atoms with Crippen LogP contribution in [0, 0.1) is 11.8 Å². The van der Waals surface area contributed by atoms with Crippen LogP contribution in [-0.4, -0.2) is 47.8 Å². The lowest BCUT2D eigenvalue weighted by atomic mass is 9.70. The van der Waals surface area contributed by atoms with Gasteiger partial charge in [0.25, 0.3) is 0 Å². The number of rotatable bonds is 13. The minimum Gasteiger partial charge on any atom is -0.390 e. The van der Waals surface area contributed by atoms with Crippen molar-refractivity contribution in [3.8, 4) is 0 Å². The van der Waals surface area contributed by atoms with Crippen molar-refractivity contribution < 1.29 is 19.7 Å². The summed E-state index contributed by atoms with van der Waals surface area (Å²) in [5, 5.41) is 19.9. The molecule has 2 rings (SSSR count). The van der Waals surface area contributed by atoms with E-state index >= 15 is 0 Å². The van der Waals surface area contributed by atoms with Gasteiger partial charge in [0.2, 0.25) is 0 Å². The van der Waals surface area contributed by atoms with E-state index in [2.05, 4.69) is 13.8 Å². The van der Waals surface area contributed by atoms with Crippen molar-refractivity contribution in [1.82, 2.24) is 0 Å². The Morgan fingerprint density at radius 2 is 1.08 bits per heavy atom. The quantitative estimate of drug-likeness (QED) is 0.501. The normalized spacial score (nSPS) is 35.5. The second kappa shape index (κ2) is 9.51. The third-order valence-electron chi connectivity index (χ3n) is 6.03. The molecule has 0 radical (unpaired) electrons. The second-order valence-electron chi connectivity index (χ2n) is 8.27. The minimum atomic E-state index is -0.386. The molecule has 4 heteroatoms. The highest BCUT2D eigenvalue weighted by atomic mass is 16.5. The van der Waals surface area contributed by atoms with Crippen LogP contribution in [0.5, 0.6) is 0 Å². The fourth-order valence-corrected chi connectivity index (χ4v) is 4.10. The van der Waals surface area contributed by atoms with Crippen LogP contribution >= 0.6 is 0 Å². The summed E-state index contributed by atoms with van der Waals surface area (Å²) in [6, 6.07) is 0. The summed E-state index contributed by atoms with van der Waals surface area (Å²) in [5.74, 6) is 1.14. The van der Waals surface area contributed by atoms with E-state index in [0.717, 1.165) is 77.8 Å². The molecule has 0 aromatic carbocycles. The molecule has 0 unspecified atom stereocenters. The van der Waals surface area contributed by atoms with Crippen molar-refractivity contribution in [3.63, 3.8) is 0 Å². The molecular weight excluding hydrogens is 304 g/mol. The zero-order chi connectivity index (χ0) is 17.5. The molecule has 0 atom stereocenters. The Bertz CT molecular complexity index is 312. The number of ether oxygens (including phenoxy) is 2. The van der Waals surface area contributed by atoms with E-state index < -0.39 is 0 Å². The molecule has 0 aromatic heterocycles. The van der Waals surface area contributed by atoms with E-state index in [0.29, 0.717) is 11.8 Å². The molecule has 0 spiro atoms. The molecule has 2 N–H and O–H groups in total.